The Balaban J connectivity index is 1.96. The molecule has 110 valence electrons. The van der Waals surface area contributed by atoms with Gasteiger partial charge in [-0.3, -0.25) is 4.79 Å². The van der Waals surface area contributed by atoms with Gasteiger partial charge in [-0.05, 0) is 19.1 Å². The zero-order chi connectivity index (χ0) is 14.8. The Hall–Kier alpha value is -1.85. The lowest BCUT2D eigenvalue weighted by atomic mass is 10.2. The molecule has 21 heavy (non-hydrogen) atoms. The predicted octanol–water partition coefficient (Wildman–Crippen LogP) is 2.31. The van der Waals surface area contributed by atoms with E-state index < -0.39 is 0 Å². The minimum absolute atomic E-state index is 0.0806. The van der Waals surface area contributed by atoms with Crippen LogP contribution in [0.25, 0.3) is 5.69 Å². The lowest BCUT2D eigenvalue weighted by molar-refractivity contribution is 0.0302. The van der Waals surface area contributed by atoms with Crippen LogP contribution in [-0.4, -0.2) is 46.9 Å². The summed E-state index contributed by atoms with van der Waals surface area (Å²) in [4.78, 5) is 14.4. The quantitative estimate of drug-likeness (QED) is 0.855. The number of para-hydroxylation sites is 1. The van der Waals surface area contributed by atoms with Gasteiger partial charge in [0.1, 0.15) is 5.15 Å². The monoisotopic (exact) mass is 305 g/mol. The lowest BCUT2D eigenvalue weighted by Gasteiger charge is -2.26. The summed E-state index contributed by atoms with van der Waals surface area (Å²) < 4.78 is 6.87. The summed E-state index contributed by atoms with van der Waals surface area (Å²) >= 11 is 6.40. The largest absolute Gasteiger partial charge is 0.378 e. The van der Waals surface area contributed by atoms with E-state index >= 15 is 0 Å². The second kappa shape index (κ2) is 5.87. The highest BCUT2D eigenvalue weighted by atomic mass is 35.5. The molecule has 1 amide bonds. The number of carbonyl (C=O) groups is 1. The number of nitrogens with zero attached hydrogens (tertiary/aromatic N) is 3. The smallest absolute Gasteiger partial charge is 0.259 e. The van der Waals surface area contributed by atoms with Crippen LogP contribution in [0.2, 0.25) is 5.15 Å². The van der Waals surface area contributed by atoms with Gasteiger partial charge in [-0.2, -0.15) is 5.10 Å². The van der Waals surface area contributed by atoms with Gasteiger partial charge < -0.3 is 9.64 Å². The molecule has 0 unspecified atom stereocenters. The van der Waals surface area contributed by atoms with Crippen molar-refractivity contribution in [3.05, 3.63) is 46.7 Å². The van der Waals surface area contributed by atoms with Crippen molar-refractivity contribution in [2.45, 2.75) is 6.92 Å². The SMILES string of the molecule is Cc1nn(-c2ccccc2)c(Cl)c1C(=O)N1CCOCC1. The van der Waals surface area contributed by atoms with E-state index in [1.54, 1.807) is 16.5 Å². The summed E-state index contributed by atoms with van der Waals surface area (Å²) in [5, 5.41) is 4.76. The number of carbonyl (C=O) groups excluding carboxylic acids is 1. The maximum atomic E-state index is 12.6. The maximum Gasteiger partial charge on any atom is 0.259 e. The van der Waals surface area contributed by atoms with Crippen molar-refractivity contribution in [1.29, 1.82) is 0 Å². The summed E-state index contributed by atoms with van der Waals surface area (Å²) in [7, 11) is 0. The first-order chi connectivity index (χ1) is 10.2. The number of aromatic nitrogens is 2. The Bertz CT molecular complexity index is 648. The molecule has 2 heterocycles. The number of morpholine rings is 1. The molecule has 0 saturated carbocycles. The van der Waals surface area contributed by atoms with Crippen LogP contribution in [0.3, 0.4) is 0 Å². The zero-order valence-electron chi connectivity index (χ0n) is 11.8. The van der Waals surface area contributed by atoms with E-state index in [1.165, 1.54) is 0 Å². The molecule has 0 bridgehead atoms. The number of hydrogen-bond donors (Lipinski definition) is 0. The van der Waals surface area contributed by atoms with E-state index in [9.17, 15) is 4.79 Å². The van der Waals surface area contributed by atoms with E-state index in [2.05, 4.69) is 5.10 Å². The minimum atomic E-state index is -0.0806. The van der Waals surface area contributed by atoms with Crippen molar-refractivity contribution in [1.82, 2.24) is 14.7 Å². The van der Waals surface area contributed by atoms with Gasteiger partial charge in [0, 0.05) is 13.1 Å². The van der Waals surface area contributed by atoms with E-state index in [0.717, 1.165) is 5.69 Å². The molecule has 1 aromatic heterocycles. The second-order valence-corrected chi connectivity index (χ2v) is 5.26. The van der Waals surface area contributed by atoms with Gasteiger partial charge in [-0.15, -0.1) is 0 Å². The number of rotatable bonds is 2. The standard InChI is InChI=1S/C15H16ClN3O2/c1-11-13(15(20)18-7-9-21-10-8-18)14(16)19(17-11)12-5-3-2-4-6-12/h2-6H,7-10H2,1H3. The maximum absolute atomic E-state index is 12.6. The first-order valence-corrected chi connectivity index (χ1v) is 7.24. The van der Waals surface area contributed by atoms with Gasteiger partial charge in [0.05, 0.1) is 30.2 Å². The first-order valence-electron chi connectivity index (χ1n) is 6.86. The van der Waals surface area contributed by atoms with Crippen molar-refractivity contribution in [2.24, 2.45) is 0 Å². The van der Waals surface area contributed by atoms with E-state index in [4.69, 9.17) is 16.3 Å². The summed E-state index contributed by atoms with van der Waals surface area (Å²) in [5.74, 6) is -0.0806. The molecule has 1 aromatic carbocycles. The molecule has 5 nitrogen and oxygen atoms in total. The van der Waals surface area contributed by atoms with E-state index in [0.29, 0.717) is 42.7 Å². The Kier molecular flexibility index (Phi) is 3.94. The van der Waals surface area contributed by atoms with Crippen LogP contribution < -0.4 is 0 Å². The topological polar surface area (TPSA) is 47.4 Å². The van der Waals surface area contributed by atoms with Crippen LogP contribution >= 0.6 is 11.6 Å². The van der Waals surface area contributed by atoms with Crippen molar-refractivity contribution in [3.63, 3.8) is 0 Å². The third-order valence-corrected chi connectivity index (χ3v) is 3.87. The number of hydrogen-bond acceptors (Lipinski definition) is 3. The highest BCUT2D eigenvalue weighted by Gasteiger charge is 2.26. The van der Waals surface area contributed by atoms with Gasteiger partial charge in [0.15, 0.2) is 0 Å². The molecule has 3 rings (SSSR count). The second-order valence-electron chi connectivity index (χ2n) is 4.90. The molecule has 0 N–H and O–H groups in total. The Morgan fingerprint density at radius 2 is 1.90 bits per heavy atom. The van der Waals surface area contributed by atoms with Gasteiger partial charge >= 0.3 is 0 Å². The molecule has 1 fully saturated rings. The molecule has 1 saturated heterocycles. The van der Waals surface area contributed by atoms with Crippen molar-refractivity contribution >= 4 is 17.5 Å². The third kappa shape index (κ3) is 2.66. The average Bonchev–Trinajstić information content (AvgIpc) is 2.83. The zero-order valence-corrected chi connectivity index (χ0v) is 12.5. The molecule has 0 aliphatic carbocycles. The lowest BCUT2D eigenvalue weighted by Crippen LogP contribution is -2.40. The molecule has 1 aliphatic rings. The normalized spacial score (nSPS) is 15.2. The minimum Gasteiger partial charge on any atom is -0.378 e. The van der Waals surface area contributed by atoms with Crippen LogP contribution in [0, 0.1) is 6.92 Å². The molecular formula is C15H16ClN3O2. The van der Waals surface area contributed by atoms with E-state index in [1.807, 2.05) is 30.3 Å². The number of aryl methyl sites for hydroxylation is 1. The Morgan fingerprint density at radius 3 is 2.57 bits per heavy atom. The van der Waals surface area contributed by atoms with Crippen molar-refractivity contribution in [2.75, 3.05) is 26.3 Å². The number of benzene rings is 1. The summed E-state index contributed by atoms with van der Waals surface area (Å²) in [6, 6.07) is 9.55. The molecule has 2 aromatic rings. The summed E-state index contributed by atoms with van der Waals surface area (Å²) in [6.07, 6.45) is 0. The van der Waals surface area contributed by atoms with E-state index in [-0.39, 0.29) is 5.91 Å². The number of halogens is 1. The predicted molar refractivity (Wildman–Crippen MR) is 80.0 cm³/mol. The average molecular weight is 306 g/mol. The Morgan fingerprint density at radius 1 is 1.24 bits per heavy atom. The Labute approximate surface area is 128 Å². The van der Waals surface area contributed by atoms with Crippen molar-refractivity contribution in [3.8, 4) is 5.69 Å². The van der Waals surface area contributed by atoms with Gasteiger partial charge in [-0.25, -0.2) is 4.68 Å². The van der Waals surface area contributed by atoms with Crippen LogP contribution in [0.5, 0.6) is 0 Å². The fourth-order valence-corrected chi connectivity index (χ4v) is 2.76. The van der Waals surface area contributed by atoms with Crippen LogP contribution in [-0.2, 0) is 4.74 Å². The molecule has 1 aliphatic heterocycles. The third-order valence-electron chi connectivity index (χ3n) is 3.52. The molecular weight excluding hydrogens is 290 g/mol. The van der Waals surface area contributed by atoms with Crippen LogP contribution in [0.15, 0.2) is 30.3 Å². The molecule has 6 heteroatoms. The van der Waals surface area contributed by atoms with Gasteiger partial charge in [-0.1, -0.05) is 29.8 Å². The number of amides is 1. The molecule has 0 atom stereocenters. The van der Waals surface area contributed by atoms with Gasteiger partial charge in [0.2, 0.25) is 0 Å². The van der Waals surface area contributed by atoms with Crippen LogP contribution in [0.1, 0.15) is 16.1 Å². The highest BCUT2D eigenvalue weighted by molar-refractivity contribution is 6.33. The fourth-order valence-electron chi connectivity index (χ4n) is 2.41. The van der Waals surface area contributed by atoms with Gasteiger partial charge in [0.25, 0.3) is 5.91 Å². The number of ether oxygens (including phenoxy) is 1. The van der Waals surface area contributed by atoms with Crippen LogP contribution in [0.4, 0.5) is 0 Å². The fraction of sp³-hybridized carbons (Fsp3) is 0.333. The van der Waals surface area contributed by atoms with Crippen molar-refractivity contribution < 1.29 is 9.53 Å². The molecule has 0 radical (unpaired) electrons. The molecule has 0 spiro atoms. The highest BCUT2D eigenvalue weighted by Crippen LogP contribution is 2.25. The summed E-state index contributed by atoms with van der Waals surface area (Å²) in [5.41, 5.74) is 1.95. The summed E-state index contributed by atoms with van der Waals surface area (Å²) in [6.45, 7) is 4.11. The first kappa shape index (κ1) is 14.1.